The van der Waals surface area contributed by atoms with Gasteiger partial charge in [-0.25, -0.2) is 22.9 Å². The maximum atomic E-state index is 12.5. The summed E-state index contributed by atoms with van der Waals surface area (Å²) in [5.41, 5.74) is -0.260. The van der Waals surface area contributed by atoms with Gasteiger partial charge in [0.1, 0.15) is 10.6 Å². The summed E-state index contributed by atoms with van der Waals surface area (Å²) in [6.07, 6.45) is 0. The lowest BCUT2D eigenvalue weighted by molar-refractivity contribution is 0.0596. The number of benzene rings is 1. The largest absolute Gasteiger partial charge is 0.465 e. The minimum atomic E-state index is -4.40. The highest BCUT2D eigenvalue weighted by atomic mass is 35.5. The molecule has 0 saturated heterocycles. The molecule has 2 rings (SSSR count). The first kappa shape index (κ1) is 18.4. The number of halogens is 1. The Labute approximate surface area is 147 Å². The van der Waals surface area contributed by atoms with Crippen LogP contribution in [0.15, 0.2) is 23.1 Å². The summed E-state index contributed by atoms with van der Waals surface area (Å²) in [6.45, 7) is 3.36. The van der Waals surface area contributed by atoms with E-state index in [9.17, 15) is 18.0 Å². The standard InChI is InChI=1S/C14H13ClN2O5S2/c1-7-11(16-8(2)23-7)13(18)17-24(20,21)12-9(14(19)22-3)5-4-6-10(12)15/h4-6H,1-3H3,(H,17,18). The van der Waals surface area contributed by atoms with E-state index < -0.39 is 26.8 Å². The van der Waals surface area contributed by atoms with Crippen LogP contribution < -0.4 is 4.72 Å². The first-order valence-electron chi connectivity index (χ1n) is 6.55. The van der Waals surface area contributed by atoms with Gasteiger partial charge in [0.2, 0.25) is 0 Å². The lowest BCUT2D eigenvalue weighted by Gasteiger charge is -2.11. The van der Waals surface area contributed by atoms with Crippen LogP contribution in [0.5, 0.6) is 0 Å². The number of amides is 1. The summed E-state index contributed by atoms with van der Waals surface area (Å²) in [5.74, 6) is -1.78. The van der Waals surface area contributed by atoms with Gasteiger partial charge in [-0.2, -0.15) is 0 Å². The molecule has 0 atom stereocenters. The summed E-state index contributed by atoms with van der Waals surface area (Å²) in [6, 6.07) is 3.95. The Kier molecular flexibility index (Phi) is 5.26. The van der Waals surface area contributed by atoms with Crippen LogP contribution in [0.25, 0.3) is 0 Å². The fourth-order valence-electron chi connectivity index (χ4n) is 2.01. The molecule has 10 heteroatoms. The van der Waals surface area contributed by atoms with Crippen molar-refractivity contribution in [2.24, 2.45) is 0 Å². The zero-order chi connectivity index (χ0) is 18.1. The van der Waals surface area contributed by atoms with Gasteiger partial charge >= 0.3 is 5.97 Å². The fourth-order valence-corrected chi connectivity index (χ4v) is 4.52. The number of sulfonamides is 1. The number of hydrogen-bond donors (Lipinski definition) is 1. The van der Waals surface area contributed by atoms with Crippen molar-refractivity contribution in [3.05, 3.63) is 44.4 Å². The van der Waals surface area contributed by atoms with E-state index in [-0.39, 0.29) is 16.3 Å². The molecular formula is C14H13ClN2O5S2. The molecule has 0 saturated carbocycles. The number of ether oxygens (including phenoxy) is 1. The third-order valence-corrected chi connectivity index (χ3v) is 5.73. The molecule has 0 aliphatic carbocycles. The van der Waals surface area contributed by atoms with Crippen LogP contribution in [-0.4, -0.2) is 32.4 Å². The number of carbonyl (C=O) groups excluding carboxylic acids is 2. The van der Waals surface area contributed by atoms with Crippen molar-refractivity contribution in [3.63, 3.8) is 0 Å². The van der Waals surface area contributed by atoms with Crippen LogP contribution in [0.3, 0.4) is 0 Å². The molecular weight excluding hydrogens is 376 g/mol. The Bertz CT molecular complexity index is 921. The Hall–Kier alpha value is -1.97. The second kappa shape index (κ2) is 6.88. The fraction of sp³-hybridized carbons (Fsp3) is 0.214. The van der Waals surface area contributed by atoms with Crippen molar-refractivity contribution in [1.82, 2.24) is 9.71 Å². The highest BCUT2D eigenvalue weighted by Gasteiger charge is 2.29. The summed E-state index contributed by atoms with van der Waals surface area (Å²) < 4.78 is 31.5. The van der Waals surface area contributed by atoms with Crippen molar-refractivity contribution in [1.29, 1.82) is 0 Å². The Morgan fingerprint density at radius 2 is 1.96 bits per heavy atom. The molecule has 0 spiro atoms. The molecule has 24 heavy (non-hydrogen) atoms. The van der Waals surface area contributed by atoms with E-state index in [1.807, 2.05) is 4.72 Å². The van der Waals surface area contributed by atoms with Crippen LogP contribution in [0.2, 0.25) is 5.02 Å². The predicted molar refractivity (Wildman–Crippen MR) is 89.0 cm³/mol. The molecule has 7 nitrogen and oxygen atoms in total. The SMILES string of the molecule is COC(=O)c1cccc(Cl)c1S(=O)(=O)NC(=O)c1nc(C)sc1C. The monoisotopic (exact) mass is 388 g/mol. The molecule has 2 aromatic rings. The number of hydrogen-bond acceptors (Lipinski definition) is 7. The number of aromatic nitrogens is 1. The maximum Gasteiger partial charge on any atom is 0.339 e. The summed E-state index contributed by atoms with van der Waals surface area (Å²) in [5, 5.41) is 0.424. The van der Waals surface area contributed by atoms with E-state index in [1.165, 1.54) is 29.5 Å². The summed E-state index contributed by atoms with van der Waals surface area (Å²) in [7, 11) is -3.29. The second-order valence-corrected chi connectivity index (χ2v) is 8.11. The number of methoxy groups -OCH3 is 1. The summed E-state index contributed by atoms with van der Waals surface area (Å²) in [4.78, 5) is 28.1. The van der Waals surface area contributed by atoms with Gasteiger partial charge in [0.05, 0.1) is 22.7 Å². The van der Waals surface area contributed by atoms with Crippen LogP contribution in [0, 0.1) is 13.8 Å². The molecule has 0 fully saturated rings. The van der Waals surface area contributed by atoms with E-state index >= 15 is 0 Å². The van der Waals surface area contributed by atoms with E-state index in [4.69, 9.17) is 11.6 Å². The zero-order valence-corrected chi connectivity index (χ0v) is 15.3. The van der Waals surface area contributed by atoms with Crippen molar-refractivity contribution in [3.8, 4) is 0 Å². The van der Waals surface area contributed by atoms with Crippen molar-refractivity contribution in [2.45, 2.75) is 18.7 Å². The van der Waals surface area contributed by atoms with Gasteiger partial charge in [0, 0.05) is 4.88 Å². The lowest BCUT2D eigenvalue weighted by atomic mass is 10.2. The molecule has 0 aliphatic rings. The lowest BCUT2D eigenvalue weighted by Crippen LogP contribution is -2.32. The van der Waals surface area contributed by atoms with Gasteiger partial charge in [-0.1, -0.05) is 17.7 Å². The van der Waals surface area contributed by atoms with Gasteiger partial charge in [-0.05, 0) is 26.0 Å². The van der Waals surface area contributed by atoms with Gasteiger partial charge < -0.3 is 4.74 Å². The molecule has 1 amide bonds. The molecule has 1 heterocycles. The topological polar surface area (TPSA) is 102 Å². The maximum absolute atomic E-state index is 12.5. The van der Waals surface area contributed by atoms with E-state index in [2.05, 4.69) is 9.72 Å². The van der Waals surface area contributed by atoms with Gasteiger partial charge in [0.25, 0.3) is 15.9 Å². The normalized spacial score (nSPS) is 11.2. The number of thiazole rings is 1. The quantitative estimate of drug-likeness (QED) is 0.806. The minimum Gasteiger partial charge on any atom is -0.465 e. The zero-order valence-electron chi connectivity index (χ0n) is 12.9. The number of carbonyl (C=O) groups is 2. The third kappa shape index (κ3) is 3.58. The number of aryl methyl sites for hydroxylation is 2. The Morgan fingerprint density at radius 3 is 2.50 bits per heavy atom. The first-order valence-corrected chi connectivity index (χ1v) is 9.23. The highest BCUT2D eigenvalue weighted by molar-refractivity contribution is 7.90. The van der Waals surface area contributed by atoms with Crippen molar-refractivity contribution in [2.75, 3.05) is 7.11 Å². The van der Waals surface area contributed by atoms with Crippen LogP contribution in [-0.2, 0) is 14.8 Å². The predicted octanol–water partition coefficient (Wildman–Crippen LogP) is 2.32. The van der Waals surface area contributed by atoms with Crippen LogP contribution >= 0.6 is 22.9 Å². The molecule has 0 aliphatic heterocycles. The van der Waals surface area contributed by atoms with E-state index in [0.29, 0.717) is 9.88 Å². The van der Waals surface area contributed by atoms with Crippen molar-refractivity contribution < 1.29 is 22.7 Å². The average Bonchev–Trinajstić information content (AvgIpc) is 2.84. The van der Waals surface area contributed by atoms with Gasteiger partial charge in [-0.3, -0.25) is 4.79 Å². The van der Waals surface area contributed by atoms with E-state index in [1.54, 1.807) is 13.8 Å². The molecule has 0 bridgehead atoms. The molecule has 0 radical (unpaired) electrons. The molecule has 1 N–H and O–H groups in total. The van der Waals surface area contributed by atoms with Gasteiger partial charge in [0.15, 0.2) is 0 Å². The molecule has 1 aromatic carbocycles. The Balaban J connectivity index is 2.47. The van der Waals surface area contributed by atoms with E-state index in [0.717, 1.165) is 7.11 Å². The number of esters is 1. The summed E-state index contributed by atoms with van der Waals surface area (Å²) >= 11 is 7.20. The highest BCUT2D eigenvalue weighted by Crippen LogP contribution is 2.26. The Morgan fingerprint density at radius 1 is 1.29 bits per heavy atom. The van der Waals surface area contributed by atoms with Crippen molar-refractivity contribution >= 4 is 44.8 Å². The van der Waals surface area contributed by atoms with Gasteiger partial charge in [-0.15, -0.1) is 11.3 Å². The number of rotatable bonds is 4. The number of nitrogens with zero attached hydrogens (tertiary/aromatic N) is 1. The smallest absolute Gasteiger partial charge is 0.339 e. The van der Waals surface area contributed by atoms with Crippen LogP contribution in [0.1, 0.15) is 30.7 Å². The minimum absolute atomic E-state index is 0.00717. The number of nitrogens with one attached hydrogen (secondary N) is 1. The van der Waals surface area contributed by atoms with Crippen LogP contribution in [0.4, 0.5) is 0 Å². The molecule has 0 unspecified atom stereocenters. The third-order valence-electron chi connectivity index (χ3n) is 2.99. The first-order chi connectivity index (χ1) is 11.2. The molecule has 128 valence electrons. The second-order valence-electron chi connectivity index (χ2n) is 4.68. The average molecular weight is 389 g/mol. The molecule has 1 aromatic heterocycles.